The molecule has 0 fully saturated rings. The number of methoxy groups -OCH3 is 1. The number of carboxylic acid groups (broad SMARTS) is 1. The Morgan fingerprint density at radius 2 is 2.10 bits per heavy atom. The van der Waals surface area contributed by atoms with Crippen molar-refractivity contribution in [2.24, 2.45) is 0 Å². The zero-order valence-electron chi connectivity index (χ0n) is 12.3. The Labute approximate surface area is 119 Å². The summed E-state index contributed by atoms with van der Waals surface area (Å²) in [5.41, 5.74) is -0.863. The van der Waals surface area contributed by atoms with E-state index in [4.69, 9.17) is 9.47 Å². The smallest absolute Gasteiger partial charge is 0.323 e. The Hall–Kier alpha value is -1.75. The topological polar surface area (TPSA) is 67.8 Å². The third kappa shape index (κ3) is 4.13. The summed E-state index contributed by atoms with van der Waals surface area (Å²) in [4.78, 5) is 11.3. The number of hydrogen-bond donors (Lipinski definition) is 2. The van der Waals surface area contributed by atoms with Gasteiger partial charge in [-0.1, -0.05) is 13.0 Å². The first-order valence-corrected chi connectivity index (χ1v) is 6.77. The Bertz CT molecular complexity index is 430. The van der Waals surface area contributed by atoms with Gasteiger partial charge in [-0.25, -0.2) is 0 Å². The van der Waals surface area contributed by atoms with Crippen LogP contribution in [0.3, 0.4) is 0 Å². The summed E-state index contributed by atoms with van der Waals surface area (Å²) in [5, 5.41) is 12.2. The van der Waals surface area contributed by atoms with Crippen molar-refractivity contribution in [3.8, 4) is 11.5 Å². The fraction of sp³-hybridized carbons (Fsp3) is 0.533. The molecule has 0 radical (unpaired) electrons. The molecule has 5 heteroatoms. The van der Waals surface area contributed by atoms with Crippen molar-refractivity contribution in [2.45, 2.75) is 31.7 Å². The quantitative estimate of drug-likeness (QED) is 0.680. The van der Waals surface area contributed by atoms with Gasteiger partial charge in [0.05, 0.1) is 13.7 Å². The predicted octanol–water partition coefficient (Wildman–Crippen LogP) is 2.31. The predicted molar refractivity (Wildman–Crippen MR) is 77.4 cm³/mol. The van der Waals surface area contributed by atoms with Crippen molar-refractivity contribution in [1.29, 1.82) is 0 Å². The van der Waals surface area contributed by atoms with Crippen molar-refractivity contribution in [1.82, 2.24) is 5.32 Å². The van der Waals surface area contributed by atoms with E-state index in [-0.39, 0.29) is 0 Å². The van der Waals surface area contributed by atoms with Crippen molar-refractivity contribution in [2.75, 3.05) is 20.8 Å². The van der Waals surface area contributed by atoms with Crippen LogP contribution in [0.1, 0.15) is 26.2 Å². The molecule has 0 saturated heterocycles. The zero-order valence-corrected chi connectivity index (χ0v) is 12.3. The molecule has 0 saturated carbocycles. The fourth-order valence-corrected chi connectivity index (χ4v) is 2.10. The van der Waals surface area contributed by atoms with E-state index in [2.05, 4.69) is 5.32 Å². The van der Waals surface area contributed by atoms with Crippen molar-refractivity contribution >= 4 is 5.97 Å². The highest BCUT2D eigenvalue weighted by Gasteiger charge is 2.34. The van der Waals surface area contributed by atoms with E-state index in [0.29, 0.717) is 25.9 Å². The summed E-state index contributed by atoms with van der Waals surface area (Å²) in [7, 11) is 3.29. The summed E-state index contributed by atoms with van der Waals surface area (Å²) in [6.45, 7) is 2.34. The molecule has 1 aromatic carbocycles. The largest absolute Gasteiger partial charge is 0.497 e. The summed E-state index contributed by atoms with van der Waals surface area (Å²) in [6, 6.07) is 7.36. The molecular formula is C15H23NO4. The van der Waals surface area contributed by atoms with E-state index >= 15 is 0 Å². The molecule has 1 unspecified atom stereocenters. The molecule has 20 heavy (non-hydrogen) atoms. The molecule has 1 atom stereocenters. The third-order valence-electron chi connectivity index (χ3n) is 3.55. The Balaban J connectivity index is 2.46. The minimum atomic E-state index is -0.863. The molecule has 1 rings (SSSR count). The maximum Gasteiger partial charge on any atom is 0.323 e. The number of carboxylic acids is 1. The van der Waals surface area contributed by atoms with Crippen LogP contribution >= 0.6 is 0 Å². The van der Waals surface area contributed by atoms with Gasteiger partial charge in [0, 0.05) is 6.07 Å². The van der Waals surface area contributed by atoms with Gasteiger partial charge in [-0.05, 0) is 38.4 Å². The van der Waals surface area contributed by atoms with Gasteiger partial charge < -0.3 is 19.9 Å². The molecule has 0 bridgehead atoms. The Morgan fingerprint density at radius 3 is 2.65 bits per heavy atom. The van der Waals surface area contributed by atoms with Crippen molar-refractivity contribution in [3.63, 3.8) is 0 Å². The number of aliphatic carboxylic acids is 1. The van der Waals surface area contributed by atoms with Gasteiger partial charge in [0.15, 0.2) is 0 Å². The number of hydrogen-bond acceptors (Lipinski definition) is 4. The third-order valence-corrected chi connectivity index (χ3v) is 3.55. The maximum absolute atomic E-state index is 11.3. The molecule has 2 N–H and O–H groups in total. The monoisotopic (exact) mass is 281 g/mol. The molecule has 1 aromatic rings. The molecule has 0 aromatic heterocycles. The summed E-state index contributed by atoms with van der Waals surface area (Å²) in [5.74, 6) is 0.654. The second-order valence-electron chi connectivity index (χ2n) is 4.62. The van der Waals surface area contributed by atoms with E-state index in [1.54, 1.807) is 14.2 Å². The van der Waals surface area contributed by atoms with Gasteiger partial charge in [0.2, 0.25) is 0 Å². The van der Waals surface area contributed by atoms with Crippen LogP contribution in [0.2, 0.25) is 0 Å². The molecule has 0 aliphatic heterocycles. The number of nitrogens with one attached hydrogen (secondary N) is 1. The van der Waals surface area contributed by atoms with Crippen LogP contribution in [0, 0.1) is 0 Å². The van der Waals surface area contributed by atoms with Crippen LogP contribution < -0.4 is 14.8 Å². The van der Waals surface area contributed by atoms with Gasteiger partial charge in [-0.2, -0.15) is 0 Å². The van der Waals surface area contributed by atoms with E-state index in [0.717, 1.165) is 11.5 Å². The number of likely N-dealkylation sites (N-methyl/N-ethyl adjacent to an activating group) is 1. The highest BCUT2D eigenvalue weighted by atomic mass is 16.5. The summed E-state index contributed by atoms with van der Waals surface area (Å²) in [6.07, 6.45) is 1.73. The minimum absolute atomic E-state index is 0.476. The van der Waals surface area contributed by atoms with E-state index in [9.17, 15) is 9.90 Å². The first kappa shape index (κ1) is 16.3. The Kier molecular flexibility index (Phi) is 6.31. The molecule has 0 aliphatic carbocycles. The van der Waals surface area contributed by atoms with E-state index < -0.39 is 11.5 Å². The lowest BCUT2D eigenvalue weighted by Crippen LogP contribution is -2.50. The SMILES string of the molecule is CCC(CCCOc1cccc(OC)c1)(NC)C(=O)O. The van der Waals surface area contributed by atoms with Crippen LogP contribution in [0.4, 0.5) is 0 Å². The lowest BCUT2D eigenvalue weighted by molar-refractivity contribution is -0.145. The highest BCUT2D eigenvalue weighted by molar-refractivity contribution is 5.78. The van der Waals surface area contributed by atoms with Crippen LogP contribution in [-0.2, 0) is 4.79 Å². The van der Waals surface area contributed by atoms with Gasteiger partial charge in [-0.15, -0.1) is 0 Å². The van der Waals surface area contributed by atoms with Crippen molar-refractivity contribution in [3.05, 3.63) is 24.3 Å². The number of rotatable bonds is 9. The highest BCUT2D eigenvalue weighted by Crippen LogP contribution is 2.21. The van der Waals surface area contributed by atoms with Crippen LogP contribution in [0.25, 0.3) is 0 Å². The van der Waals surface area contributed by atoms with Crippen LogP contribution in [-0.4, -0.2) is 37.4 Å². The van der Waals surface area contributed by atoms with E-state index in [1.165, 1.54) is 0 Å². The number of benzene rings is 1. The maximum atomic E-state index is 11.3. The minimum Gasteiger partial charge on any atom is -0.497 e. The standard InChI is InChI=1S/C15H23NO4/c1-4-15(16-2,14(17)18)9-6-10-20-13-8-5-7-12(11-13)19-3/h5,7-8,11,16H,4,6,9-10H2,1-3H3,(H,17,18). The van der Waals surface area contributed by atoms with Crippen LogP contribution in [0.15, 0.2) is 24.3 Å². The molecule has 0 heterocycles. The second kappa shape index (κ2) is 7.75. The molecule has 5 nitrogen and oxygen atoms in total. The fourth-order valence-electron chi connectivity index (χ4n) is 2.10. The number of carbonyl (C=O) groups is 1. The average Bonchev–Trinajstić information content (AvgIpc) is 2.48. The lowest BCUT2D eigenvalue weighted by Gasteiger charge is -2.27. The summed E-state index contributed by atoms with van der Waals surface area (Å²) >= 11 is 0. The molecular weight excluding hydrogens is 258 g/mol. The first-order valence-electron chi connectivity index (χ1n) is 6.77. The molecule has 112 valence electrons. The number of ether oxygens (including phenoxy) is 2. The molecule has 0 amide bonds. The van der Waals surface area contributed by atoms with Crippen LogP contribution in [0.5, 0.6) is 11.5 Å². The molecule has 0 spiro atoms. The van der Waals surface area contributed by atoms with Gasteiger partial charge >= 0.3 is 5.97 Å². The van der Waals surface area contributed by atoms with E-state index in [1.807, 2.05) is 31.2 Å². The molecule has 0 aliphatic rings. The first-order chi connectivity index (χ1) is 9.57. The Morgan fingerprint density at radius 1 is 1.40 bits per heavy atom. The van der Waals surface area contributed by atoms with Gasteiger partial charge in [-0.3, -0.25) is 4.79 Å². The zero-order chi connectivity index (χ0) is 15.0. The normalized spacial score (nSPS) is 13.6. The average molecular weight is 281 g/mol. The summed E-state index contributed by atoms with van der Waals surface area (Å²) < 4.78 is 10.7. The van der Waals surface area contributed by atoms with Gasteiger partial charge in [0.1, 0.15) is 17.0 Å². The lowest BCUT2D eigenvalue weighted by atomic mass is 9.91. The van der Waals surface area contributed by atoms with Gasteiger partial charge in [0.25, 0.3) is 0 Å². The second-order valence-corrected chi connectivity index (χ2v) is 4.62. The van der Waals surface area contributed by atoms with Crippen molar-refractivity contribution < 1.29 is 19.4 Å².